The predicted molar refractivity (Wildman–Crippen MR) is 64.1 cm³/mol. The first-order valence-corrected chi connectivity index (χ1v) is 5.03. The van der Waals surface area contributed by atoms with E-state index in [1.165, 1.54) is 0 Å². The summed E-state index contributed by atoms with van der Waals surface area (Å²) < 4.78 is 0. The van der Waals surface area contributed by atoms with Crippen LogP contribution in [-0.4, -0.2) is 11.3 Å². The van der Waals surface area contributed by atoms with E-state index in [2.05, 4.69) is 10.3 Å². The van der Waals surface area contributed by atoms with Crippen LogP contribution in [0.25, 0.3) is 0 Å². The summed E-state index contributed by atoms with van der Waals surface area (Å²) in [6.45, 7) is 2.03. The smallest absolute Gasteiger partial charge is 0.151 e. The minimum atomic E-state index is 0.579. The van der Waals surface area contributed by atoms with Crippen LogP contribution in [0.2, 0.25) is 0 Å². The molecule has 0 saturated carbocycles. The molecule has 2 rings (SSSR count). The van der Waals surface area contributed by atoms with Crippen molar-refractivity contribution in [1.29, 1.82) is 0 Å². The minimum Gasteiger partial charge on any atom is -0.340 e. The van der Waals surface area contributed by atoms with Crippen LogP contribution in [0.1, 0.15) is 15.9 Å². The third kappa shape index (κ3) is 2.25. The van der Waals surface area contributed by atoms with Gasteiger partial charge in [-0.15, -0.1) is 0 Å². The molecule has 0 unspecified atom stereocenters. The van der Waals surface area contributed by atoms with Gasteiger partial charge in [-0.3, -0.25) is 4.79 Å². The van der Waals surface area contributed by atoms with Crippen LogP contribution >= 0.6 is 0 Å². The summed E-state index contributed by atoms with van der Waals surface area (Å²) in [7, 11) is 0. The summed E-state index contributed by atoms with van der Waals surface area (Å²) in [4.78, 5) is 14.6. The molecule has 0 aliphatic carbocycles. The lowest BCUT2D eigenvalue weighted by molar-refractivity contribution is 0.112. The molecule has 3 nitrogen and oxygen atoms in total. The zero-order valence-electron chi connectivity index (χ0n) is 8.97. The van der Waals surface area contributed by atoms with Crippen LogP contribution in [0.15, 0.2) is 42.6 Å². The molecule has 80 valence electrons. The zero-order chi connectivity index (χ0) is 11.4. The molecule has 1 heterocycles. The Morgan fingerprint density at radius 2 is 2.00 bits per heavy atom. The number of aryl methyl sites for hydroxylation is 1. The van der Waals surface area contributed by atoms with E-state index in [-0.39, 0.29) is 0 Å². The van der Waals surface area contributed by atoms with Crippen LogP contribution in [0, 0.1) is 6.92 Å². The van der Waals surface area contributed by atoms with Crippen molar-refractivity contribution in [3.63, 3.8) is 0 Å². The fourth-order valence-electron chi connectivity index (χ4n) is 1.40. The summed E-state index contributed by atoms with van der Waals surface area (Å²) >= 11 is 0. The van der Waals surface area contributed by atoms with Gasteiger partial charge in [0.2, 0.25) is 0 Å². The fourth-order valence-corrected chi connectivity index (χ4v) is 1.40. The molecule has 0 atom stereocenters. The molecule has 0 fully saturated rings. The first-order valence-electron chi connectivity index (χ1n) is 5.03. The van der Waals surface area contributed by atoms with Gasteiger partial charge in [-0.05, 0) is 30.7 Å². The van der Waals surface area contributed by atoms with E-state index in [9.17, 15) is 4.79 Å². The highest BCUT2D eigenvalue weighted by Gasteiger charge is 1.98. The SMILES string of the molecule is Cc1ccccc1Nc1ccc(C=O)cn1. The standard InChI is InChI=1S/C13H12N2O/c1-10-4-2-3-5-12(10)15-13-7-6-11(9-16)8-14-13/h2-9H,1H3,(H,14,15). The molecule has 0 bridgehead atoms. The molecule has 0 radical (unpaired) electrons. The minimum absolute atomic E-state index is 0.579. The first kappa shape index (κ1) is 10.4. The Morgan fingerprint density at radius 3 is 2.62 bits per heavy atom. The average molecular weight is 212 g/mol. The van der Waals surface area contributed by atoms with E-state index in [1.807, 2.05) is 31.2 Å². The van der Waals surface area contributed by atoms with Gasteiger partial charge in [-0.1, -0.05) is 18.2 Å². The van der Waals surface area contributed by atoms with E-state index < -0.39 is 0 Å². The molecule has 3 heteroatoms. The van der Waals surface area contributed by atoms with Gasteiger partial charge in [-0.2, -0.15) is 0 Å². The molecule has 0 aliphatic heterocycles. The third-order valence-corrected chi connectivity index (χ3v) is 2.33. The van der Waals surface area contributed by atoms with Crippen molar-refractivity contribution >= 4 is 17.8 Å². The molecule has 1 aromatic heterocycles. The Kier molecular flexibility index (Phi) is 2.96. The Balaban J connectivity index is 2.21. The van der Waals surface area contributed by atoms with Crippen LogP contribution < -0.4 is 5.32 Å². The van der Waals surface area contributed by atoms with Crippen molar-refractivity contribution in [3.05, 3.63) is 53.7 Å². The maximum absolute atomic E-state index is 10.5. The number of aldehydes is 1. The number of rotatable bonds is 3. The number of hydrogen-bond acceptors (Lipinski definition) is 3. The molecule has 2 aromatic rings. The van der Waals surface area contributed by atoms with Crippen molar-refractivity contribution < 1.29 is 4.79 Å². The maximum Gasteiger partial charge on any atom is 0.151 e. The number of pyridine rings is 1. The van der Waals surface area contributed by atoms with Gasteiger partial charge in [0.25, 0.3) is 0 Å². The summed E-state index contributed by atoms with van der Waals surface area (Å²) in [6.07, 6.45) is 2.33. The van der Waals surface area contributed by atoms with Crippen LogP contribution in [-0.2, 0) is 0 Å². The Labute approximate surface area is 94.1 Å². The van der Waals surface area contributed by atoms with E-state index in [0.717, 1.165) is 23.4 Å². The van der Waals surface area contributed by atoms with Crippen LogP contribution in [0.3, 0.4) is 0 Å². The van der Waals surface area contributed by atoms with Gasteiger partial charge < -0.3 is 5.32 Å². The van der Waals surface area contributed by atoms with Gasteiger partial charge in [0.05, 0.1) is 0 Å². The van der Waals surface area contributed by atoms with Crippen LogP contribution in [0.5, 0.6) is 0 Å². The molecule has 16 heavy (non-hydrogen) atoms. The Morgan fingerprint density at radius 1 is 1.19 bits per heavy atom. The van der Waals surface area contributed by atoms with Crippen molar-refractivity contribution in [2.75, 3.05) is 5.32 Å². The van der Waals surface area contributed by atoms with E-state index in [4.69, 9.17) is 0 Å². The monoisotopic (exact) mass is 212 g/mol. The highest BCUT2D eigenvalue weighted by Crippen LogP contribution is 2.18. The number of nitrogens with one attached hydrogen (secondary N) is 1. The first-order chi connectivity index (χ1) is 7.79. The van der Waals surface area contributed by atoms with Crippen molar-refractivity contribution in [2.45, 2.75) is 6.92 Å². The van der Waals surface area contributed by atoms with Crippen molar-refractivity contribution in [3.8, 4) is 0 Å². The number of hydrogen-bond donors (Lipinski definition) is 1. The highest BCUT2D eigenvalue weighted by atomic mass is 16.1. The summed E-state index contributed by atoms with van der Waals surface area (Å²) in [6, 6.07) is 11.5. The summed E-state index contributed by atoms with van der Waals surface area (Å²) in [5.74, 6) is 0.736. The molecule has 1 N–H and O–H groups in total. The van der Waals surface area contributed by atoms with Gasteiger partial charge in [-0.25, -0.2) is 4.98 Å². The summed E-state index contributed by atoms with van der Waals surface area (Å²) in [5, 5.41) is 3.20. The fraction of sp³-hybridized carbons (Fsp3) is 0.0769. The van der Waals surface area contributed by atoms with E-state index >= 15 is 0 Å². The largest absolute Gasteiger partial charge is 0.340 e. The van der Waals surface area contributed by atoms with Crippen molar-refractivity contribution in [2.24, 2.45) is 0 Å². The quantitative estimate of drug-likeness (QED) is 0.795. The number of aromatic nitrogens is 1. The number of para-hydroxylation sites is 1. The molecule has 1 aromatic carbocycles. The lowest BCUT2D eigenvalue weighted by atomic mass is 10.2. The van der Waals surface area contributed by atoms with Crippen molar-refractivity contribution in [1.82, 2.24) is 4.98 Å². The third-order valence-electron chi connectivity index (χ3n) is 2.33. The van der Waals surface area contributed by atoms with Gasteiger partial charge in [0.1, 0.15) is 5.82 Å². The number of benzene rings is 1. The lowest BCUT2D eigenvalue weighted by Crippen LogP contribution is -1.95. The van der Waals surface area contributed by atoms with Gasteiger partial charge >= 0.3 is 0 Å². The Hall–Kier alpha value is -2.16. The predicted octanol–water partition coefficient (Wildman–Crippen LogP) is 2.95. The molecular formula is C13H12N2O. The topological polar surface area (TPSA) is 42.0 Å². The molecule has 0 aliphatic rings. The molecular weight excluding hydrogens is 200 g/mol. The maximum atomic E-state index is 10.5. The second-order valence-electron chi connectivity index (χ2n) is 3.53. The van der Waals surface area contributed by atoms with E-state index in [1.54, 1.807) is 18.3 Å². The van der Waals surface area contributed by atoms with Gasteiger partial charge in [0.15, 0.2) is 6.29 Å². The van der Waals surface area contributed by atoms with E-state index in [0.29, 0.717) is 5.56 Å². The zero-order valence-corrected chi connectivity index (χ0v) is 8.97. The van der Waals surface area contributed by atoms with Gasteiger partial charge in [0, 0.05) is 17.4 Å². The second kappa shape index (κ2) is 4.57. The number of anilines is 2. The van der Waals surface area contributed by atoms with Crippen LogP contribution in [0.4, 0.5) is 11.5 Å². The number of carbonyl (C=O) groups is 1. The molecule has 0 spiro atoms. The highest BCUT2D eigenvalue weighted by molar-refractivity contribution is 5.74. The Bertz CT molecular complexity index is 492. The second-order valence-corrected chi connectivity index (χ2v) is 3.53. The summed E-state index contributed by atoms with van der Waals surface area (Å²) in [5.41, 5.74) is 2.76. The lowest BCUT2D eigenvalue weighted by Gasteiger charge is -2.07. The normalized spacial score (nSPS) is 9.81. The number of carbonyl (C=O) groups excluding carboxylic acids is 1. The number of nitrogens with zero attached hydrogens (tertiary/aromatic N) is 1. The molecule has 0 amide bonds. The average Bonchev–Trinajstić information content (AvgIpc) is 2.33. The molecule has 0 saturated heterocycles.